The molecular weight excluding hydrogens is 350 g/mol. The first kappa shape index (κ1) is 18.1. The molecule has 0 aliphatic carbocycles. The van der Waals surface area contributed by atoms with Crippen molar-refractivity contribution in [1.29, 1.82) is 0 Å². The fraction of sp³-hybridized carbons (Fsp3) is 0.381. The van der Waals surface area contributed by atoms with E-state index in [2.05, 4.69) is 0 Å². The maximum Gasteiger partial charge on any atom is 0.252 e. The molecule has 0 bridgehead atoms. The van der Waals surface area contributed by atoms with Crippen LogP contribution in [0.3, 0.4) is 0 Å². The Hall–Kier alpha value is -2.31. The molecule has 1 amide bonds. The maximum absolute atomic E-state index is 14.6. The van der Waals surface area contributed by atoms with E-state index < -0.39 is 23.8 Å². The summed E-state index contributed by atoms with van der Waals surface area (Å²) in [4.78, 5) is 14.9. The largest absolute Gasteiger partial charge is 0.367 e. The molecule has 2 aliphatic rings. The zero-order valence-electron chi connectivity index (χ0n) is 14.9. The molecule has 2 aliphatic heterocycles. The van der Waals surface area contributed by atoms with E-state index in [1.807, 2.05) is 24.3 Å². The summed E-state index contributed by atoms with van der Waals surface area (Å²) in [6.45, 7) is 0.805. The maximum atomic E-state index is 14.6. The van der Waals surface area contributed by atoms with Gasteiger partial charge in [0, 0.05) is 24.2 Å². The van der Waals surface area contributed by atoms with Gasteiger partial charge in [-0.25, -0.2) is 8.78 Å². The van der Waals surface area contributed by atoms with Crippen LogP contribution in [0.15, 0.2) is 42.5 Å². The van der Waals surface area contributed by atoms with Gasteiger partial charge in [0.05, 0.1) is 12.6 Å². The van der Waals surface area contributed by atoms with Crippen LogP contribution >= 0.6 is 0 Å². The molecule has 1 saturated heterocycles. The minimum Gasteiger partial charge on any atom is -0.367 e. The molecule has 3 atom stereocenters. The third kappa shape index (κ3) is 3.47. The van der Waals surface area contributed by atoms with Crippen molar-refractivity contribution < 1.29 is 18.3 Å². The molecule has 1 fully saturated rings. The van der Waals surface area contributed by atoms with Gasteiger partial charge in [-0.3, -0.25) is 4.79 Å². The minimum atomic E-state index is -0.652. The van der Waals surface area contributed by atoms with Crippen LogP contribution in [0.2, 0.25) is 0 Å². The lowest BCUT2D eigenvalue weighted by Crippen LogP contribution is -2.49. The number of rotatable bonds is 2. The normalized spacial score (nSPS) is 25.1. The first-order chi connectivity index (χ1) is 13.0. The van der Waals surface area contributed by atoms with Crippen molar-refractivity contribution in [2.24, 2.45) is 5.73 Å². The van der Waals surface area contributed by atoms with Crippen molar-refractivity contribution in [1.82, 2.24) is 4.90 Å². The monoisotopic (exact) mass is 372 g/mol. The average molecular weight is 372 g/mol. The Labute approximate surface area is 156 Å². The van der Waals surface area contributed by atoms with Crippen molar-refractivity contribution in [3.8, 4) is 0 Å². The molecule has 142 valence electrons. The van der Waals surface area contributed by atoms with Gasteiger partial charge in [-0.2, -0.15) is 0 Å². The lowest BCUT2D eigenvalue weighted by Gasteiger charge is -2.40. The summed E-state index contributed by atoms with van der Waals surface area (Å²) >= 11 is 0. The summed E-state index contributed by atoms with van der Waals surface area (Å²) in [5.41, 5.74) is 8.09. The predicted octanol–water partition coefficient (Wildman–Crippen LogP) is 2.95. The minimum absolute atomic E-state index is 0.0542. The molecule has 0 unspecified atom stereocenters. The number of amides is 1. The van der Waals surface area contributed by atoms with Crippen molar-refractivity contribution in [3.05, 3.63) is 70.8 Å². The number of fused-ring (bicyclic) bond motifs is 1. The van der Waals surface area contributed by atoms with Crippen LogP contribution in [0.5, 0.6) is 0 Å². The van der Waals surface area contributed by atoms with E-state index in [1.54, 1.807) is 4.90 Å². The third-order valence-electron chi connectivity index (χ3n) is 5.41. The lowest BCUT2D eigenvalue weighted by molar-refractivity contribution is -0.149. The van der Waals surface area contributed by atoms with Crippen LogP contribution < -0.4 is 5.73 Å². The van der Waals surface area contributed by atoms with Crippen LogP contribution in [0.25, 0.3) is 0 Å². The predicted molar refractivity (Wildman–Crippen MR) is 97.0 cm³/mol. The Kier molecular flexibility index (Phi) is 4.93. The number of ether oxygens (including phenoxy) is 1. The van der Waals surface area contributed by atoms with Gasteiger partial charge in [0.2, 0.25) is 0 Å². The van der Waals surface area contributed by atoms with Gasteiger partial charge in [-0.05, 0) is 36.5 Å². The standard InChI is InChI=1S/C21H22F2N2O2/c22-14-5-7-17(18(23)11-14)20-16-4-2-1-3-13(16)9-10-25(20)21(26)19-8-6-15(24)12-27-19/h1-5,7,11,15,19-20H,6,8-10,12,24H2/t15-,19-,20+/m0/s1. The lowest BCUT2D eigenvalue weighted by atomic mass is 9.87. The first-order valence-electron chi connectivity index (χ1n) is 9.25. The molecule has 4 nitrogen and oxygen atoms in total. The molecule has 2 aromatic carbocycles. The molecule has 0 spiro atoms. The van der Waals surface area contributed by atoms with E-state index in [-0.39, 0.29) is 11.9 Å². The number of halogens is 2. The highest BCUT2D eigenvalue weighted by atomic mass is 19.1. The highest BCUT2D eigenvalue weighted by molar-refractivity contribution is 5.82. The van der Waals surface area contributed by atoms with E-state index in [4.69, 9.17) is 10.5 Å². The summed E-state index contributed by atoms with van der Waals surface area (Å²) in [6.07, 6.45) is 1.39. The van der Waals surface area contributed by atoms with Gasteiger partial charge in [0.15, 0.2) is 0 Å². The smallest absolute Gasteiger partial charge is 0.252 e. The van der Waals surface area contributed by atoms with Crippen LogP contribution in [-0.2, 0) is 16.0 Å². The fourth-order valence-corrected chi connectivity index (χ4v) is 4.01. The van der Waals surface area contributed by atoms with E-state index in [0.717, 1.165) is 23.6 Å². The Morgan fingerprint density at radius 3 is 2.67 bits per heavy atom. The molecule has 0 aromatic heterocycles. The highest BCUT2D eigenvalue weighted by Crippen LogP contribution is 2.37. The van der Waals surface area contributed by atoms with E-state index >= 15 is 0 Å². The molecule has 0 radical (unpaired) electrons. The Morgan fingerprint density at radius 2 is 1.93 bits per heavy atom. The third-order valence-corrected chi connectivity index (χ3v) is 5.41. The second kappa shape index (κ2) is 7.37. The van der Waals surface area contributed by atoms with Gasteiger partial charge in [-0.15, -0.1) is 0 Å². The summed E-state index contributed by atoms with van der Waals surface area (Å²) in [6, 6.07) is 10.6. The van der Waals surface area contributed by atoms with Crippen LogP contribution in [-0.4, -0.2) is 36.1 Å². The molecule has 0 saturated carbocycles. The first-order valence-corrected chi connectivity index (χ1v) is 9.25. The van der Waals surface area contributed by atoms with Gasteiger partial charge in [0.25, 0.3) is 5.91 Å². The molecule has 2 heterocycles. The van der Waals surface area contributed by atoms with Crippen LogP contribution in [0.1, 0.15) is 35.6 Å². The van der Waals surface area contributed by atoms with Gasteiger partial charge in [0.1, 0.15) is 17.7 Å². The molecule has 2 N–H and O–H groups in total. The number of carbonyl (C=O) groups is 1. The van der Waals surface area contributed by atoms with Crippen LogP contribution in [0, 0.1) is 11.6 Å². The Bertz CT molecular complexity index is 850. The average Bonchev–Trinajstić information content (AvgIpc) is 2.67. The summed E-state index contributed by atoms with van der Waals surface area (Å²) in [5.74, 6) is -1.45. The van der Waals surface area contributed by atoms with Gasteiger partial charge < -0.3 is 15.4 Å². The van der Waals surface area contributed by atoms with Crippen molar-refractivity contribution in [2.45, 2.75) is 37.5 Å². The van der Waals surface area contributed by atoms with Gasteiger partial charge in [-0.1, -0.05) is 30.3 Å². The van der Waals surface area contributed by atoms with Crippen molar-refractivity contribution in [3.63, 3.8) is 0 Å². The second-order valence-electron chi connectivity index (χ2n) is 7.21. The second-order valence-corrected chi connectivity index (χ2v) is 7.21. The number of carbonyl (C=O) groups excluding carboxylic acids is 1. The summed E-state index contributed by atoms with van der Waals surface area (Å²) in [7, 11) is 0. The van der Waals surface area contributed by atoms with Crippen molar-refractivity contribution >= 4 is 5.91 Å². The Balaban J connectivity index is 1.73. The SMILES string of the molecule is N[C@H]1CC[C@@H](C(=O)N2CCc3ccccc3[C@@H]2c2ccc(F)cc2F)OC1. The molecule has 2 aromatic rings. The molecule has 6 heteroatoms. The molecule has 4 rings (SSSR count). The Morgan fingerprint density at radius 1 is 1.11 bits per heavy atom. The molecule has 27 heavy (non-hydrogen) atoms. The highest BCUT2D eigenvalue weighted by Gasteiger charge is 2.38. The molecular formula is C21H22F2N2O2. The number of hydrogen-bond donors (Lipinski definition) is 1. The van der Waals surface area contributed by atoms with Gasteiger partial charge >= 0.3 is 0 Å². The van der Waals surface area contributed by atoms with Crippen LogP contribution in [0.4, 0.5) is 8.78 Å². The summed E-state index contributed by atoms with van der Waals surface area (Å²) < 4.78 is 33.7. The number of benzene rings is 2. The van der Waals surface area contributed by atoms with E-state index in [9.17, 15) is 13.6 Å². The fourth-order valence-electron chi connectivity index (χ4n) is 4.01. The zero-order valence-corrected chi connectivity index (χ0v) is 14.9. The summed E-state index contributed by atoms with van der Waals surface area (Å²) in [5, 5.41) is 0. The van der Waals surface area contributed by atoms with E-state index in [1.165, 1.54) is 12.1 Å². The zero-order chi connectivity index (χ0) is 19.0. The van der Waals surface area contributed by atoms with E-state index in [0.29, 0.717) is 31.6 Å². The quantitative estimate of drug-likeness (QED) is 0.882. The topological polar surface area (TPSA) is 55.6 Å². The number of hydrogen-bond acceptors (Lipinski definition) is 3. The number of nitrogens with zero attached hydrogens (tertiary/aromatic N) is 1. The number of nitrogens with two attached hydrogens (primary N) is 1. The van der Waals surface area contributed by atoms with Crippen molar-refractivity contribution in [2.75, 3.05) is 13.2 Å².